The zero-order valence-corrected chi connectivity index (χ0v) is 11.7. The van der Waals surface area contributed by atoms with Crippen molar-refractivity contribution in [3.05, 3.63) is 54.0 Å². The molecule has 2 heterocycles. The number of nitrogens with zero attached hydrogens (tertiary/aromatic N) is 4. The number of benzene rings is 1. The molecule has 2 aromatic heterocycles. The second kappa shape index (κ2) is 5.26. The summed E-state index contributed by atoms with van der Waals surface area (Å²) in [5.41, 5.74) is 3.24. The first-order chi connectivity index (χ1) is 10.4. The average molecular weight is 279 g/mol. The third-order valence-electron chi connectivity index (χ3n) is 3.75. The number of hydrogen-bond donors (Lipinski definition) is 1. The Morgan fingerprint density at radius 1 is 1.24 bits per heavy atom. The smallest absolute Gasteiger partial charge is 0.0965 e. The van der Waals surface area contributed by atoms with E-state index in [-0.39, 0.29) is 0 Å². The minimum absolute atomic E-state index is 0.697. The van der Waals surface area contributed by atoms with Crippen LogP contribution in [0.3, 0.4) is 0 Å². The second-order valence-electron chi connectivity index (χ2n) is 5.59. The standard InChI is InChI=1S/C16H17N5/c1-2-13-8-12(3-6-16(13)17-7-1)10-21-11-15(19-20-21)9-18-14-4-5-14/h1-3,6-8,11,14,18H,4-5,9-10H2. The van der Waals surface area contributed by atoms with Crippen molar-refractivity contribution in [2.24, 2.45) is 0 Å². The van der Waals surface area contributed by atoms with Crippen LogP contribution in [0.25, 0.3) is 10.9 Å². The Hall–Kier alpha value is -2.27. The SMILES string of the molecule is c1cnc2ccc(Cn3cc(CNC4CC4)nn3)cc2c1. The number of fused-ring (bicyclic) bond motifs is 1. The summed E-state index contributed by atoms with van der Waals surface area (Å²) in [5.74, 6) is 0. The van der Waals surface area contributed by atoms with Crippen LogP contribution in [0.4, 0.5) is 0 Å². The van der Waals surface area contributed by atoms with Gasteiger partial charge in [-0.25, -0.2) is 4.68 Å². The molecule has 1 aliphatic carbocycles. The molecule has 0 saturated heterocycles. The van der Waals surface area contributed by atoms with Crippen molar-refractivity contribution in [3.8, 4) is 0 Å². The molecular weight excluding hydrogens is 262 g/mol. The molecule has 1 saturated carbocycles. The zero-order valence-electron chi connectivity index (χ0n) is 11.7. The van der Waals surface area contributed by atoms with E-state index in [9.17, 15) is 0 Å². The second-order valence-corrected chi connectivity index (χ2v) is 5.59. The van der Waals surface area contributed by atoms with Gasteiger partial charge in [0.1, 0.15) is 0 Å². The van der Waals surface area contributed by atoms with Crippen molar-refractivity contribution in [2.45, 2.75) is 32.0 Å². The molecule has 1 aliphatic rings. The van der Waals surface area contributed by atoms with E-state index in [1.165, 1.54) is 18.4 Å². The fourth-order valence-electron chi connectivity index (χ4n) is 2.44. The van der Waals surface area contributed by atoms with Crippen molar-refractivity contribution < 1.29 is 0 Å². The van der Waals surface area contributed by atoms with Gasteiger partial charge in [0.05, 0.1) is 24.0 Å². The fraction of sp³-hybridized carbons (Fsp3) is 0.312. The molecule has 0 amide bonds. The Labute approximate surface area is 123 Å². The van der Waals surface area contributed by atoms with Gasteiger partial charge in [0.15, 0.2) is 0 Å². The lowest BCUT2D eigenvalue weighted by Crippen LogP contribution is -2.15. The summed E-state index contributed by atoms with van der Waals surface area (Å²) in [7, 11) is 0. The third kappa shape index (κ3) is 2.92. The van der Waals surface area contributed by atoms with Crippen molar-refractivity contribution in [1.29, 1.82) is 0 Å². The highest BCUT2D eigenvalue weighted by molar-refractivity contribution is 5.78. The number of aromatic nitrogens is 4. The molecule has 5 nitrogen and oxygen atoms in total. The van der Waals surface area contributed by atoms with Crippen LogP contribution in [0.1, 0.15) is 24.1 Å². The summed E-state index contributed by atoms with van der Waals surface area (Å²) in [6, 6.07) is 11.0. The van der Waals surface area contributed by atoms with Gasteiger partial charge in [-0.15, -0.1) is 5.10 Å². The molecule has 1 fully saturated rings. The van der Waals surface area contributed by atoms with E-state index in [0.29, 0.717) is 6.04 Å². The first-order valence-electron chi connectivity index (χ1n) is 7.33. The molecule has 3 aromatic rings. The van der Waals surface area contributed by atoms with E-state index >= 15 is 0 Å². The molecule has 4 rings (SSSR count). The highest BCUT2D eigenvalue weighted by Crippen LogP contribution is 2.19. The first kappa shape index (κ1) is 12.5. The number of nitrogens with one attached hydrogen (secondary N) is 1. The molecule has 0 spiro atoms. The van der Waals surface area contributed by atoms with Crippen LogP contribution >= 0.6 is 0 Å². The van der Waals surface area contributed by atoms with Gasteiger partial charge >= 0.3 is 0 Å². The minimum Gasteiger partial charge on any atom is -0.308 e. The van der Waals surface area contributed by atoms with Crippen LogP contribution in [0.5, 0.6) is 0 Å². The summed E-state index contributed by atoms with van der Waals surface area (Å²) >= 11 is 0. The normalized spacial score (nSPS) is 14.7. The summed E-state index contributed by atoms with van der Waals surface area (Å²) in [5, 5.41) is 13.0. The van der Waals surface area contributed by atoms with Crippen LogP contribution < -0.4 is 5.32 Å². The maximum Gasteiger partial charge on any atom is 0.0965 e. The minimum atomic E-state index is 0.697. The lowest BCUT2D eigenvalue weighted by Gasteiger charge is -2.03. The van der Waals surface area contributed by atoms with E-state index < -0.39 is 0 Å². The predicted octanol–water partition coefficient (Wildman–Crippen LogP) is 2.13. The highest BCUT2D eigenvalue weighted by atomic mass is 15.4. The van der Waals surface area contributed by atoms with Gasteiger partial charge in [-0.3, -0.25) is 4.98 Å². The Kier molecular flexibility index (Phi) is 3.12. The third-order valence-corrected chi connectivity index (χ3v) is 3.75. The maximum absolute atomic E-state index is 4.34. The summed E-state index contributed by atoms with van der Waals surface area (Å²) in [6.07, 6.45) is 6.42. The molecule has 0 bridgehead atoms. The first-order valence-corrected chi connectivity index (χ1v) is 7.33. The van der Waals surface area contributed by atoms with Crippen LogP contribution in [-0.4, -0.2) is 26.0 Å². The van der Waals surface area contributed by atoms with Gasteiger partial charge in [0, 0.05) is 24.2 Å². The largest absolute Gasteiger partial charge is 0.308 e. The molecule has 1 N–H and O–H groups in total. The summed E-state index contributed by atoms with van der Waals surface area (Å²) in [4.78, 5) is 4.34. The highest BCUT2D eigenvalue weighted by Gasteiger charge is 2.20. The molecular formula is C16H17N5. The van der Waals surface area contributed by atoms with Gasteiger partial charge < -0.3 is 5.32 Å². The molecule has 0 unspecified atom stereocenters. The van der Waals surface area contributed by atoms with Crippen molar-refractivity contribution >= 4 is 10.9 Å². The Morgan fingerprint density at radius 3 is 3.10 bits per heavy atom. The van der Waals surface area contributed by atoms with Gasteiger partial charge in [-0.05, 0) is 36.6 Å². The summed E-state index contributed by atoms with van der Waals surface area (Å²) < 4.78 is 1.89. The molecule has 1 aromatic carbocycles. The number of rotatable bonds is 5. The van der Waals surface area contributed by atoms with E-state index in [1.54, 1.807) is 0 Å². The van der Waals surface area contributed by atoms with Crippen LogP contribution in [0, 0.1) is 0 Å². The number of hydrogen-bond acceptors (Lipinski definition) is 4. The topological polar surface area (TPSA) is 55.6 Å². The Bertz CT molecular complexity index is 760. The molecule has 0 aliphatic heterocycles. The van der Waals surface area contributed by atoms with Gasteiger partial charge in [-0.2, -0.15) is 0 Å². The zero-order chi connectivity index (χ0) is 14.1. The quantitative estimate of drug-likeness (QED) is 0.777. The van der Waals surface area contributed by atoms with E-state index in [2.05, 4.69) is 44.9 Å². The van der Waals surface area contributed by atoms with Crippen LogP contribution in [0.15, 0.2) is 42.7 Å². The van der Waals surface area contributed by atoms with E-state index in [0.717, 1.165) is 29.7 Å². The molecule has 106 valence electrons. The van der Waals surface area contributed by atoms with Gasteiger partial charge in [0.25, 0.3) is 0 Å². The van der Waals surface area contributed by atoms with Crippen LogP contribution in [-0.2, 0) is 13.1 Å². The van der Waals surface area contributed by atoms with E-state index in [4.69, 9.17) is 0 Å². The molecule has 0 radical (unpaired) electrons. The van der Waals surface area contributed by atoms with Crippen LogP contribution in [0.2, 0.25) is 0 Å². The number of pyridine rings is 1. The lowest BCUT2D eigenvalue weighted by molar-refractivity contribution is 0.646. The predicted molar refractivity (Wildman–Crippen MR) is 80.7 cm³/mol. The Morgan fingerprint density at radius 2 is 2.19 bits per heavy atom. The molecule has 0 atom stereocenters. The lowest BCUT2D eigenvalue weighted by atomic mass is 10.1. The van der Waals surface area contributed by atoms with Crippen molar-refractivity contribution in [3.63, 3.8) is 0 Å². The van der Waals surface area contributed by atoms with Crippen molar-refractivity contribution in [1.82, 2.24) is 25.3 Å². The monoisotopic (exact) mass is 279 g/mol. The summed E-state index contributed by atoms with van der Waals surface area (Å²) in [6.45, 7) is 1.55. The molecule has 5 heteroatoms. The van der Waals surface area contributed by atoms with Gasteiger partial charge in [-0.1, -0.05) is 17.3 Å². The van der Waals surface area contributed by atoms with E-state index in [1.807, 2.05) is 23.1 Å². The average Bonchev–Trinajstić information content (AvgIpc) is 3.25. The fourth-order valence-corrected chi connectivity index (χ4v) is 2.44. The molecule has 21 heavy (non-hydrogen) atoms. The Balaban J connectivity index is 1.48. The maximum atomic E-state index is 4.34. The van der Waals surface area contributed by atoms with Crippen molar-refractivity contribution in [2.75, 3.05) is 0 Å². The van der Waals surface area contributed by atoms with Gasteiger partial charge in [0.2, 0.25) is 0 Å².